The molecule has 0 aliphatic carbocycles. The molecule has 1 unspecified atom stereocenters. The van der Waals surface area contributed by atoms with Crippen LogP contribution in [-0.4, -0.2) is 38.9 Å². The first kappa shape index (κ1) is 15.6. The van der Waals surface area contributed by atoms with Crippen molar-refractivity contribution >= 4 is 15.9 Å². The molecule has 7 heteroatoms. The van der Waals surface area contributed by atoms with Crippen molar-refractivity contribution in [2.24, 2.45) is 0 Å². The van der Waals surface area contributed by atoms with E-state index in [1.165, 1.54) is 11.8 Å². The molecule has 0 spiro atoms. The highest BCUT2D eigenvalue weighted by Gasteiger charge is 2.23. The summed E-state index contributed by atoms with van der Waals surface area (Å²) in [5.74, 6) is -0.845. The van der Waals surface area contributed by atoms with Crippen LogP contribution in [0.25, 0.3) is 0 Å². The Balaban J connectivity index is 2.86. The van der Waals surface area contributed by atoms with Gasteiger partial charge in [0.1, 0.15) is 5.82 Å². The zero-order valence-corrected chi connectivity index (χ0v) is 11.9. The van der Waals surface area contributed by atoms with Gasteiger partial charge in [-0.05, 0) is 38.1 Å². The zero-order valence-electron chi connectivity index (χ0n) is 11.1. The highest BCUT2D eigenvalue weighted by Crippen LogP contribution is 2.10. The Morgan fingerprint density at radius 2 is 1.89 bits per heavy atom. The molecule has 1 rings (SSSR count). The van der Waals surface area contributed by atoms with Crippen LogP contribution in [0.3, 0.4) is 0 Å². The number of likely N-dealkylation sites (N-methyl/N-ethyl adjacent to an activating group) is 1. The highest BCUT2D eigenvalue weighted by molar-refractivity contribution is 7.89. The maximum absolute atomic E-state index is 12.7. The summed E-state index contributed by atoms with van der Waals surface area (Å²) in [5.41, 5.74) is 0. The van der Waals surface area contributed by atoms with E-state index in [0.29, 0.717) is 6.54 Å². The van der Waals surface area contributed by atoms with Gasteiger partial charge in [0, 0.05) is 13.6 Å². The number of nitrogens with one attached hydrogen (secondary N) is 1. The van der Waals surface area contributed by atoms with Crippen LogP contribution in [0.15, 0.2) is 29.2 Å². The summed E-state index contributed by atoms with van der Waals surface area (Å²) in [5, 5.41) is 0. The van der Waals surface area contributed by atoms with Crippen molar-refractivity contribution in [2.45, 2.75) is 24.8 Å². The lowest BCUT2D eigenvalue weighted by Crippen LogP contribution is -2.45. The third kappa shape index (κ3) is 4.00. The summed E-state index contributed by atoms with van der Waals surface area (Å²) in [7, 11) is -2.24. The van der Waals surface area contributed by atoms with E-state index in [2.05, 4.69) is 4.72 Å². The lowest BCUT2D eigenvalue weighted by Gasteiger charge is -2.20. The smallest absolute Gasteiger partial charge is 0.241 e. The first-order valence-corrected chi connectivity index (χ1v) is 7.29. The van der Waals surface area contributed by atoms with Crippen molar-refractivity contribution < 1.29 is 17.6 Å². The number of benzene rings is 1. The van der Waals surface area contributed by atoms with Crippen LogP contribution < -0.4 is 4.72 Å². The van der Waals surface area contributed by atoms with Gasteiger partial charge in [0.25, 0.3) is 0 Å². The van der Waals surface area contributed by atoms with Crippen molar-refractivity contribution in [3.8, 4) is 0 Å². The molecular weight excluding hydrogens is 271 g/mol. The van der Waals surface area contributed by atoms with Crippen LogP contribution >= 0.6 is 0 Å². The van der Waals surface area contributed by atoms with Gasteiger partial charge in [0.15, 0.2) is 0 Å². The van der Waals surface area contributed by atoms with E-state index in [0.717, 1.165) is 24.3 Å². The molecule has 5 nitrogen and oxygen atoms in total. The molecule has 1 aromatic rings. The van der Waals surface area contributed by atoms with E-state index in [9.17, 15) is 17.6 Å². The average Bonchev–Trinajstić information content (AvgIpc) is 2.36. The number of sulfonamides is 1. The number of halogens is 1. The molecule has 0 heterocycles. The minimum atomic E-state index is -3.83. The van der Waals surface area contributed by atoms with Crippen molar-refractivity contribution in [1.82, 2.24) is 9.62 Å². The molecule has 0 aromatic heterocycles. The molecular formula is C12H17FN2O3S. The molecule has 1 amide bonds. The summed E-state index contributed by atoms with van der Waals surface area (Å²) in [6.07, 6.45) is 0. The molecule has 0 radical (unpaired) electrons. The number of nitrogens with zero attached hydrogens (tertiary/aromatic N) is 1. The van der Waals surface area contributed by atoms with Crippen LogP contribution in [0.5, 0.6) is 0 Å². The summed E-state index contributed by atoms with van der Waals surface area (Å²) < 4.78 is 38.9. The van der Waals surface area contributed by atoms with E-state index in [1.807, 2.05) is 0 Å². The predicted molar refractivity (Wildman–Crippen MR) is 69.5 cm³/mol. The van der Waals surface area contributed by atoms with Gasteiger partial charge < -0.3 is 4.90 Å². The van der Waals surface area contributed by atoms with E-state index < -0.39 is 21.9 Å². The van der Waals surface area contributed by atoms with E-state index in [-0.39, 0.29) is 10.8 Å². The number of carbonyl (C=O) groups is 1. The van der Waals surface area contributed by atoms with E-state index in [1.54, 1.807) is 14.0 Å². The third-order valence-electron chi connectivity index (χ3n) is 2.68. The van der Waals surface area contributed by atoms with Crippen molar-refractivity contribution in [2.75, 3.05) is 13.6 Å². The fraction of sp³-hybridized carbons (Fsp3) is 0.417. The SMILES string of the molecule is CCN(C)C(=O)C(C)NS(=O)(=O)c1ccc(F)cc1. The number of rotatable bonds is 5. The molecule has 0 bridgehead atoms. The monoisotopic (exact) mass is 288 g/mol. The van der Waals surface area contributed by atoms with Gasteiger partial charge in [-0.2, -0.15) is 4.72 Å². The maximum Gasteiger partial charge on any atom is 0.241 e. The third-order valence-corrected chi connectivity index (χ3v) is 4.23. The summed E-state index contributed by atoms with van der Waals surface area (Å²) >= 11 is 0. The van der Waals surface area contributed by atoms with Gasteiger partial charge in [-0.15, -0.1) is 0 Å². The van der Waals surface area contributed by atoms with Gasteiger partial charge in [0.2, 0.25) is 15.9 Å². The number of hydrogen-bond acceptors (Lipinski definition) is 3. The molecule has 106 valence electrons. The lowest BCUT2D eigenvalue weighted by atomic mass is 10.3. The Morgan fingerprint density at radius 1 is 1.37 bits per heavy atom. The predicted octanol–water partition coefficient (Wildman–Crippen LogP) is 0.971. The van der Waals surface area contributed by atoms with Crippen molar-refractivity contribution in [3.63, 3.8) is 0 Å². The average molecular weight is 288 g/mol. The molecule has 0 aliphatic rings. The zero-order chi connectivity index (χ0) is 14.6. The molecule has 1 aromatic carbocycles. The number of hydrogen-bond donors (Lipinski definition) is 1. The van der Waals surface area contributed by atoms with Crippen LogP contribution in [0.1, 0.15) is 13.8 Å². The minimum Gasteiger partial charge on any atom is -0.345 e. The molecule has 0 fully saturated rings. The van der Waals surface area contributed by atoms with Gasteiger partial charge >= 0.3 is 0 Å². The van der Waals surface area contributed by atoms with E-state index in [4.69, 9.17) is 0 Å². The fourth-order valence-corrected chi connectivity index (χ4v) is 2.65. The highest BCUT2D eigenvalue weighted by atomic mass is 32.2. The van der Waals surface area contributed by atoms with Crippen LogP contribution in [0.2, 0.25) is 0 Å². The second-order valence-corrected chi connectivity index (χ2v) is 5.86. The van der Waals surface area contributed by atoms with Gasteiger partial charge in [-0.25, -0.2) is 12.8 Å². The lowest BCUT2D eigenvalue weighted by molar-refractivity contribution is -0.131. The molecule has 0 aliphatic heterocycles. The second-order valence-electron chi connectivity index (χ2n) is 4.15. The largest absolute Gasteiger partial charge is 0.345 e. The first-order chi connectivity index (χ1) is 8.77. The molecule has 0 saturated heterocycles. The van der Waals surface area contributed by atoms with E-state index >= 15 is 0 Å². The fourth-order valence-electron chi connectivity index (χ4n) is 1.45. The van der Waals surface area contributed by atoms with Gasteiger partial charge in [-0.1, -0.05) is 0 Å². The van der Waals surface area contributed by atoms with Crippen molar-refractivity contribution in [1.29, 1.82) is 0 Å². The minimum absolute atomic E-state index is 0.0762. The Morgan fingerprint density at radius 3 is 2.37 bits per heavy atom. The van der Waals surface area contributed by atoms with Gasteiger partial charge in [0.05, 0.1) is 10.9 Å². The molecule has 0 saturated carbocycles. The normalized spacial score (nSPS) is 13.1. The summed E-state index contributed by atoms with van der Waals surface area (Å²) in [4.78, 5) is 13.1. The second kappa shape index (κ2) is 6.12. The Hall–Kier alpha value is -1.47. The Kier molecular flexibility index (Phi) is 5.02. The topological polar surface area (TPSA) is 66.5 Å². The van der Waals surface area contributed by atoms with Gasteiger partial charge in [-0.3, -0.25) is 4.79 Å². The number of amides is 1. The summed E-state index contributed by atoms with van der Waals surface area (Å²) in [6, 6.07) is 3.54. The van der Waals surface area contributed by atoms with Crippen molar-refractivity contribution in [3.05, 3.63) is 30.1 Å². The maximum atomic E-state index is 12.7. The van der Waals surface area contributed by atoms with Crippen LogP contribution in [0, 0.1) is 5.82 Å². The number of carbonyl (C=O) groups excluding carboxylic acids is 1. The first-order valence-electron chi connectivity index (χ1n) is 5.80. The Labute approximate surface area is 112 Å². The molecule has 1 N–H and O–H groups in total. The quantitative estimate of drug-likeness (QED) is 0.878. The molecule has 1 atom stereocenters. The Bertz CT molecular complexity index is 543. The van der Waals surface area contributed by atoms with Crippen LogP contribution in [0.4, 0.5) is 4.39 Å². The standard InChI is InChI=1S/C12H17FN2O3S/c1-4-15(3)12(16)9(2)14-19(17,18)11-7-5-10(13)6-8-11/h5-9,14H,4H2,1-3H3. The molecule has 19 heavy (non-hydrogen) atoms. The summed E-state index contributed by atoms with van der Waals surface area (Å²) in [6.45, 7) is 3.75. The van der Waals surface area contributed by atoms with Crippen LogP contribution in [-0.2, 0) is 14.8 Å².